The van der Waals surface area contributed by atoms with E-state index in [4.69, 9.17) is 17.2 Å². The number of halogens is 1. The number of carbonyl (C=O) groups excluding carboxylic acids is 1. The van der Waals surface area contributed by atoms with Gasteiger partial charge in [0.1, 0.15) is 11.6 Å². The molecule has 0 radical (unpaired) electrons. The highest BCUT2D eigenvalue weighted by Gasteiger charge is 2.33. The second-order valence-electron chi connectivity index (χ2n) is 8.51. The number of primary amides is 1. The van der Waals surface area contributed by atoms with Crippen LogP contribution in [0.3, 0.4) is 0 Å². The van der Waals surface area contributed by atoms with Crippen LogP contribution in [-0.4, -0.2) is 47.0 Å². The molecule has 0 aromatic heterocycles. The molecule has 3 rings (SSSR count). The Hall–Kier alpha value is -3.24. The number of phenolic OH excluding ortho intramolecular Hbond substituents is 1. The van der Waals surface area contributed by atoms with Gasteiger partial charge in [-0.2, -0.15) is 4.39 Å². The first-order chi connectivity index (χ1) is 15.8. The summed E-state index contributed by atoms with van der Waals surface area (Å²) in [6.07, 6.45) is 7.79. The second-order valence-corrected chi connectivity index (χ2v) is 8.51. The highest BCUT2D eigenvalue weighted by Crippen LogP contribution is 2.28. The molecule has 1 aliphatic carbocycles. The van der Waals surface area contributed by atoms with Crippen molar-refractivity contribution in [1.82, 2.24) is 10.6 Å². The fourth-order valence-electron chi connectivity index (χ4n) is 4.01. The van der Waals surface area contributed by atoms with Gasteiger partial charge in [-0.15, -0.1) is 0 Å². The molecular weight excluding hydrogens is 425 g/mol. The first kappa shape index (κ1) is 24.4. The molecule has 1 amide bonds. The first-order valence-corrected chi connectivity index (χ1v) is 11.0. The van der Waals surface area contributed by atoms with Crippen LogP contribution >= 0.6 is 0 Å². The molecule has 1 aromatic rings. The van der Waals surface area contributed by atoms with Crippen molar-refractivity contribution in [2.45, 2.75) is 56.3 Å². The van der Waals surface area contributed by atoms with Gasteiger partial charge in [0.15, 0.2) is 5.97 Å². The summed E-state index contributed by atoms with van der Waals surface area (Å²) >= 11 is 0. The lowest BCUT2D eigenvalue weighted by Crippen LogP contribution is -2.53. The number of nitrogens with two attached hydrogens (primary N) is 3. The van der Waals surface area contributed by atoms with Crippen LogP contribution in [0.15, 0.2) is 58.3 Å². The van der Waals surface area contributed by atoms with Crippen molar-refractivity contribution >= 4 is 17.7 Å². The minimum Gasteiger partial charge on any atom is -0.508 e. The molecule has 10 heteroatoms. The number of benzene rings is 1. The van der Waals surface area contributed by atoms with Crippen LogP contribution in [0.1, 0.15) is 37.7 Å². The van der Waals surface area contributed by atoms with E-state index in [0.29, 0.717) is 19.1 Å². The van der Waals surface area contributed by atoms with Crippen molar-refractivity contribution in [2.75, 3.05) is 6.54 Å². The fourth-order valence-corrected chi connectivity index (χ4v) is 4.01. The van der Waals surface area contributed by atoms with Crippen LogP contribution in [0.4, 0.5) is 4.39 Å². The molecule has 1 unspecified atom stereocenters. The van der Waals surface area contributed by atoms with E-state index in [1.54, 1.807) is 18.2 Å². The number of rotatable bonds is 9. The Morgan fingerprint density at radius 3 is 2.58 bits per heavy atom. The highest BCUT2D eigenvalue weighted by atomic mass is 19.1. The minimum atomic E-state index is -0.728. The van der Waals surface area contributed by atoms with Gasteiger partial charge in [-0.3, -0.25) is 9.79 Å². The molecule has 0 saturated heterocycles. The summed E-state index contributed by atoms with van der Waals surface area (Å²) in [5, 5.41) is 16.2. The Kier molecular flexibility index (Phi) is 8.18. The molecule has 0 bridgehead atoms. The SMILES string of the molecule is NCC1(N/C=C(/C(N)=O)C(N)=NC2C=CN=C(F)C2)CCC(NCc2ccc(O)cc2)CC1. The molecule has 1 saturated carbocycles. The van der Waals surface area contributed by atoms with Gasteiger partial charge < -0.3 is 32.9 Å². The predicted molar refractivity (Wildman–Crippen MR) is 127 cm³/mol. The molecule has 9 N–H and O–H groups in total. The lowest BCUT2D eigenvalue weighted by Gasteiger charge is -2.40. The summed E-state index contributed by atoms with van der Waals surface area (Å²) < 4.78 is 13.4. The van der Waals surface area contributed by atoms with Crippen molar-refractivity contribution in [1.29, 1.82) is 0 Å². The smallest absolute Gasteiger partial charge is 0.253 e. The Bertz CT molecular complexity index is 948. The maximum Gasteiger partial charge on any atom is 0.253 e. The summed E-state index contributed by atoms with van der Waals surface area (Å²) in [7, 11) is 0. The average Bonchev–Trinajstić information content (AvgIpc) is 2.79. The number of nitrogens with zero attached hydrogens (tertiary/aromatic N) is 2. The maximum atomic E-state index is 13.4. The van der Waals surface area contributed by atoms with Crippen molar-refractivity contribution in [2.24, 2.45) is 27.2 Å². The lowest BCUT2D eigenvalue weighted by molar-refractivity contribution is -0.114. The monoisotopic (exact) mass is 457 g/mol. The molecule has 178 valence electrons. The van der Waals surface area contributed by atoms with E-state index >= 15 is 0 Å². The number of amides is 1. The van der Waals surface area contributed by atoms with Crippen molar-refractivity contribution in [3.05, 3.63) is 53.9 Å². The van der Waals surface area contributed by atoms with Crippen LogP contribution in [0.25, 0.3) is 0 Å². The zero-order valence-electron chi connectivity index (χ0n) is 18.5. The van der Waals surface area contributed by atoms with E-state index in [0.717, 1.165) is 31.2 Å². The van der Waals surface area contributed by atoms with Gasteiger partial charge in [-0.1, -0.05) is 12.1 Å². The summed E-state index contributed by atoms with van der Waals surface area (Å²) in [5.41, 5.74) is 18.4. The number of aliphatic imine (C=N–C) groups is 2. The van der Waals surface area contributed by atoms with Gasteiger partial charge in [0.2, 0.25) is 0 Å². The standard InChI is InChI=1S/C23H32FN7O2/c24-20-11-17(7-10-28-20)31-21(26)19(22(27)33)13-30-23(14-25)8-5-16(6-9-23)29-12-15-1-3-18(32)4-2-15/h1-4,7,10,13,16-17,29-30,32H,5-6,8-9,11-12,14,25H2,(H2,26,31)(H2,27,33)/b19-13+. The molecule has 1 heterocycles. The van der Waals surface area contributed by atoms with E-state index in [9.17, 15) is 14.3 Å². The van der Waals surface area contributed by atoms with E-state index in [-0.39, 0.29) is 29.1 Å². The number of hydrogen-bond acceptors (Lipinski definition) is 7. The van der Waals surface area contributed by atoms with Crippen LogP contribution in [0, 0.1) is 0 Å². The van der Waals surface area contributed by atoms with Crippen molar-refractivity contribution in [3.63, 3.8) is 0 Å². The Morgan fingerprint density at radius 2 is 1.97 bits per heavy atom. The Labute approximate surface area is 192 Å². The van der Waals surface area contributed by atoms with Gasteiger partial charge in [0.25, 0.3) is 5.91 Å². The average molecular weight is 458 g/mol. The van der Waals surface area contributed by atoms with Gasteiger partial charge in [-0.25, -0.2) is 4.99 Å². The van der Waals surface area contributed by atoms with Gasteiger partial charge in [0, 0.05) is 43.5 Å². The number of nitrogens with one attached hydrogen (secondary N) is 2. The Morgan fingerprint density at radius 1 is 1.27 bits per heavy atom. The number of hydrogen-bond donors (Lipinski definition) is 6. The summed E-state index contributed by atoms with van der Waals surface area (Å²) in [6.45, 7) is 1.10. The zero-order chi connectivity index (χ0) is 23.8. The number of carbonyl (C=O) groups is 1. The van der Waals surface area contributed by atoms with E-state index in [2.05, 4.69) is 20.6 Å². The third-order valence-electron chi connectivity index (χ3n) is 6.13. The maximum absolute atomic E-state index is 13.4. The van der Waals surface area contributed by atoms with Crippen LogP contribution < -0.4 is 27.8 Å². The van der Waals surface area contributed by atoms with E-state index in [1.807, 2.05) is 12.1 Å². The Balaban J connectivity index is 1.59. The lowest BCUT2D eigenvalue weighted by atomic mass is 9.79. The fraction of sp³-hybridized carbons (Fsp3) is 0.435. The second kappa shape index (κ2) is 11.1. The van der Waals surface area contributed by atoms with Crippen LogP contribution in [-0.2, 0) is 11.3 Å². The molecule has 1 aromatic carbocycles. The van der Waals surface area contributed by atoms with Gasteiger partial charge in [0.05, 0.1) is 11.6 Å². The van der Waals surface area contributed by atoms with Crippen molar-refractivity contribution < 1.29 is 14.3 Å². The first-order valence-electron chi connectivity index (χ1n) is 11.0. The largest absolute Gasteiger partial charge is 0.508 e. The normalized spacial score (nSPS) is 26.1. The van der Waals surface area contributed by atoms with E-state index < -0.39 is 17.9 Å². The molecule has 1 aliphatic heterocycles. The number of aromatic hydroxyl groups is 1. The molecule has 2 aliphatic rings. The molecule has 33 heavy (non-hydrogen) atoms. The third-order valence-corrected chi connectivity index (χ3v) is 6.13. The molecule has 9 nitrogen and oxygen atoms in total. The quantitative estimate of drug-likeness (QED) is 0.185. The topological polar surface area (TPSA) is 164 Å². The van der Waals surface area contributed by atoms with E-state index in [1.165, 1.54) is 12.4 Å². The summed E-state index contributed by atoms with van der Waals surface area (Å²) in [4.78, 5) is 19.7. The van der Waals surface area contributed by atoms with Crippen molar-refractivity contribution in [3.8, 4) is 5.75 Å². The van der Waals surface area contributed by atoms with Gasteiger partial charge >= 0.3 is 0 Å². The predicted octanol–water partition coefficient (Wildman–Crippen LogP) is 1.09. The summed E-state index contributed by atoms with van der Waals surface area (Å²) in [6, 6.07) is 6.93. The minimum absolute atomic E-state index is 0.0120. The van der Waals surface area contributed by atoms with Gasteiger partial charge in [-0.05, 0) is 49.5 Å². The zero-order valence-corrected chi connectivity index (χ0v) is 18.5. The third kappa shape index (κ3) is 6.87. The molecule has 0 spiro atoms. The highest BCUT2D eigenvalue weighted by molar-refractivity contribution is 6.19. The summed E-state index contributed by atoms with van der Waals surface area (Å²) in [5.74, 6) is -1.08. The number of amidine groups is 1. The molecular formula is C23H32FN7O2. The molecule has 1 atom stereocenters. The van der Waals surface area contributed by atoms with Crippen LogP contribution in [0.2, 0.25) is 0 Å². The molecule has 1 fully saturated rings. The van der Waals surface area contributed by atoms with Crippen LogP contribution in [0.5, 0.6) is 5.75 Å². The number of phenols is 1.